The molecule has 0 saturated carbocycles. The fourth-order valence-electron chi connectivity index (χ4n) is 2.35. The Morgan fingerprint density at radius 2 is 2.19 bits per heavy atom. The van der Waals surface area contributed by atoms with E-state index in [2.05, 4.69) is 4.98 Å². The number of amides is 1. The van der Waals surface area contributed by atoms with Crippen LogP contribution >= 0.6 is 23.6 Å². The number of hydrogen-bond donors (Lipinski definition) is 1. The third-order valence-electron chi connectivity index (χ3n) is 3.50. The Kier molecular flexibility index (Phi) is 4.18. The van der Waals surface area contributed by atoms with Crippen molar-refractivity contribution < 1.29 is 9.53 Å². The fourth-order valence-corrected chi connectivity index (χ4v) is 3.43. The Hall–Kier alpha value is -1.51. The minimum Gasteiger partial charge on any atom is -0.378 e. The zero-order chi connectivity index (χ0) is 14.8. The molecular formula is C13H15N3O3S2. The van der Waals surface area contributed by atoms with Crippen molar-refractivity contribution in [3.63, 3.8) is 0 Å². The number of aromatic nitrogens is 2. The van der Waals surface area contributed by atoms with Crippen molar-refractivity contribution >= 4 is 39.7 Å². The molecule has 3 rings (SSSR count). The van der Waals surface area contributed by atoms with Crippen LogP contribution in [0, 0.1) is 4.77 Å². The van der Waals surface area contributed by atoms with Crippen LogP contribution in [-0.2, 0) is 16.1 Å². The van der Waals surface area contributed by atoms with Gasteiger partial charge in [-0.25, -0.2) is 0 Å². The van der Waals surface area contributed by atoms with Gasteiger partial charge in [-0.1, -0.05) is 0 Å². The number of fused-ring (bicyclic) bond motifs is 1. The molecule has 21 heavy (non-hydrogen) atoms. The monoisotopic (exact) mass is 325 g/mol. The molecule has 1 aliphatic heterocycles. The molecule has 0 unspecified atom stereocenters. The number of ether oxygens (including phenoxy) is 1. The van der Waals surface area contributed by atoms with E-state index in [0.717, 1.165) is 5.52 Å². The highest BCUT2D eigenvalue weighted by molar-refractivity contribution is 7.71. The maximum atomic E-state index is 12.3. The lowest BCUT2D eigenvalue weighted by molar-refractivity contribution is -0.135. The van der Waals surface area contributed by atoms with Gasteiger partial charge in [-0.05, 0) is 23.7 Å². The van der Waals surface area contributed by atoms with Crippen molar-refractivity contribution in [2.45, 2.75) is 13.0 Å². The van der Waals surface area contributed by atoms with E-state index in [1.54, 1.807) is 4.90 Å². The lowest BCUT2D eigenvalue weighted by Crippen LogP contribution is -2.41. The first kappa shape index (κ1) is 14.4. The van der Waals surface area contributed by atoms with Crippen LogP contribution in [0.25, 0.3) is 10.2 Å². The Morgan fingerprint density at radius 1 is 1.43 bits per heavy atom. The van der Waals surface area contributed by atoms with Crippen LogP contribution in [0.4, 0.5) is 0 Å². The standard InChI is InChI=1S/C13H15N3O3S2/c17-10(15-4-6-19-7-5-15)1-3-16-12(18)11-9(2-8-21-11)14-13(16)20/h2,8H,1,3-7H2,(H,14,20). The van der Waals surface area contributed by atoms with E-state index in [-0.39, 0.29) is 17.9 Å². The molecule has 1 N–H and O–H groups in total. The van der Waals surface area contributed by atoms with Crippen LogP contribution in [0.15, 0.2) is 16.2 Å². The minimum absolute atomic E-state index is 0.0332. The van der Waals surface area contributed by atoms with Crippen LogP contribution in [-0.4, -0.2) is 46.7 Å². The first-order chi connectivity index (χ1) is 10.2. The van der Waals surface area contributed by atoms with E-state index in [0.29, 0.717) is 42.3 Å². The molecule has 1 amide bonds. The predicted octanol–water partition coefficient (Wildman–Crippen LogP) is 1.37. The van der Waals surface area contributed by atoms with E-state index in [1.807, 2.05) is 11.4 Å². The molecule has 1 fully saturated rings. The van der Waals surface area contributed by atoms with E-state index >= 15 is 0 Å². The van der Waals surface area contributed by atoms with Crippen molar-refractivity contribution in [1.29, 1.82) is 0 Å². The molecule has 1 saturated heterocycles. The average Bonchev–Trinajstić information content (AvgIpc) is 2.96. The molecule has 2 aromatic rings. The Labute approximate surface area is 130 Å². The summed E-state index contributed by atoms with van der Waals surface area (Å²) in [5, 5.41) is 1.85. The summed E-state index contributed by atoms with van der Waals surface area (Å²) in [6.07, 6.45) is 0.272. The molecule has 0 aromatic carbocycles. The van der Waals surface area contributed by atoms with Gasteiger partial charge in [0.15, 0.2) is 4.77 Å². The molecule has 2 aromatic heterocycles. The third-order valence-corrected chi connectivity index (χ3v) is 4.73. The quantitative estimate of drug-likeness (QED) is 0.866. The summed E-state index contributed by atoms with van der Waals surface area (Å²) in [5.74, 6) is 0.0332. The van der Waals surface area contributed by atoms with Gasteiger partial charge in [-0.2, -0.15) is 0 Å². The Morgan fingerprint density at radius 3 is 2.95 bits per heavy atom. The molecular weight excluding hydrogens is 310 g/mol. The molecule has 0 atom stereocenters. The topological polar surface area (TPSA) is 67.3 Å². The lowest BCUT2D eigenvalue weighted by atomic mass is 10.3. The fraction of sp³-hybridized carbons (Fsp3) is 0.462. The SMILES string of the molecule is O=C(CCn1c(=S)[nH]c2ccsc2c1=O)N1CCOCC1. The van der Waals surface area contributed by atoms with Crippen LogP contribution in [0.3, 0.4) is 0 Å². The highest BCUT2D eigenvalue weighted by Crippen LogP contribution is 2.14. The number of nitrogens with zero attached hydrogens (tertiary/aromatic N) is 2. The summed E-state index contributed by atoms with van der Waals surface area (Å²) in [5.41, 5.74) is 0.629. The van der Waals surface area contributed by atoms with Gasteiger partial charge in [0, 0.05) is 26.1 Å². The summed E-state index contributed by atoms with van der Waals surface area (Å²) >= 11 is 6.58. The van der Waals surface area contributed by atoms with E-state index < -0.39 is 0 Å². The van der Waals surface area contributed by atoms with Crippen molar-refractivity contribution in [3.8, 4) is 0 Å². The number of hydrogen-bond acceptors (Lipinski definition) is 5. The van der Waals surface area contributed by atoms with E-state index in [1.165, 1.54) is 15.9 Å². The number of morpholine rings is 1. The van der Waals surface area contributed by atoms with Gasteiger partial charge >= 0.3 is 0 Å². The molecule has 112 valence electrons. The van der Waals surface area contributed by atoms with Gasteiger partial charge in [0.1, 0.15) is 4.70 Å². The summed E-state index contributed by atoms with van der Waals surface area (Å²) in [6, 6.07) is 1.83. The number of rotatable bonds is 3. The highest BCUT2D eigenvalue weighted by Gasteiger charge is 2.17. The van der Waals surface area contributed by atoms with E-state index in [4.69, 9.17) is 17.0 Å². The van der Waals surface area contributed by atoms with Gasteiger partial charge in [0.05, 0.1) is 18.7 Å². The number of aromatic amines is 1. The van der Waals surface area contributed by atoms with Gasteiger partial charge in [-0.15, -0.1) is 11.3 Å². The van der Waals surface area contributed by atoms with Gasteiger partial charge in [-0.3, -0.25) is 14.2 Å². The van der Waals surface area contributed by atoms with Crippen LogP contribution in [0.2, 0.25) is 0 Å². The minimum atomic E-state index is -0.126. The largest absolute Gasteiger partial charge is 0.378 e. The number of thiophene rings is 1. The smallest absolute Gasteiger partial charge is 0.272 e. The summed E-state index contributed by atoms with van der Waals surface area (Å²) < 4.78 is 7.69. The van der Waals surface area contributed by atoms with Crippen LogP contribution in [0.5, 0.6) is 0 Å². The molecule has 0 aliphatic carbocycles. The Balaban J connectivity index is 1.77. The second kappa shape index (κ2) is 6.08. The van der Waals surface area contributed by atoms with Gasteiger partial charge in [0.2, 0.25) is 5.91 Å². The van der Waals surface area contributed by atoms with Gasteiger partial charge in [0.25, 0.3) is 5.56 Å². The average molecular weight is 325 g/mol. The normalized spacial score (nSPS) is 15.5. The highest BCUT2D eigenvalue weighted by atomic mass is 32.1. The number of nitrogens with one attached hydrogen (secondary N) is 1. The molecule has 3 heterocycles. The first-order valence-corrected chi connectivity index (χ1v) is 8.01. The number of carbonyl (C=O) groups excluding carboxylic acids is 1. The number of carbonyl (C=O) groups is 1. The maximum Gasteiger partial charge on any atom is 0.272 e. The molecule has 0 spiro atoms. The third kappa shape index (κ3) is 2.92. The van der Waals surface area contributed by atoms with Crippen molar-refractivity contribution in [3.05, 3.63) is 26.6 Å². The van der Waals surface area contributed by atoms with Crippen LogP contribution in [0.1, 0.15) is 6.42 Å². The van der Waals surface area contributed by atoms with Gasteiger partial charge < -0.3 is 14.6 Å². The summed E-state index contributed by atoms with van der Waals surface area (Å²) in [7, 11) is 0. The molecule has 1 aliphatic rings. The van der Waals surface area contributed by atoms with E-state index in [9.17, 15) is 9.59 Å². The molecule has 0 radical (unpaired) electrons. The lowest BCUT2D eigenvalue weighted by Gasteiger charge is -2.26. The second-order valence-electron chi connectivity index (χ2n) is 4.79. The summed E-state index contributed by atoms with van der Waals surface area (Å²) in [4.78, 5) is 29.3. The molecule has 8 heteroatoms. The summed E-state index contributed by atoms with van der Waals surface area (Å²) in [6.45, 7) is 2.69. The van der Waals surface area contributed by atoms with Crippen molar-refractivity contribution in [2.24, 2.45) is 0 Å². The van der Waals surface area contributed by atoms with Crippen molar-refractivity contribution in [2.75, 3.05) is 26.3 Å². The predicted molar refractivity (Wildman–Crippen MR) is 83.3 cm³/mol. The second-order valence-corrected chi connectivity index (χ2v) is 6.10. The van der Waals surface area contributed by atoms with Crippen LogP contribution < -0.4 is 5.56 Å². The Bertz CT molecular complexity index is 771. The molecule has 0 bridgehead atoms. The zero-order valence-corrected chi connectivity index (χ0v) is 13.0. The first-order valence-electron chi connectivity index (χ1n) is 6.72. The number of H-pyrrole nitrogens is 1. The zero-order valence-electron chi connectivity index (χ0n) is 11.3. The molecule has 6 nitrogen and oxygen atoms in total. The van der Waals surface area contributed by atoms with Crippen molar-refractivity contribution in [1.82, 2.24) is 14.5 Å². The maximum absolute atomic E-state index is 12.3.